The first-order chi connectivity index (χ1) is 19.5. The Bertz CT molecular complexity index is 1490. The molecule has 3 aromatic rings. The summed E-state index contributed by atoms with van der Waals surface area (Å²) in [4.78, 5) is 58.0. The number of halogens is 3. The molecule has 0 unspecified atom stereocenters. The standard InChI is InChI=1S/C26H29F3N6O6/c1-34(2)22(36)9-5-4-7-16(32-26(39)40-3)24(37)31-17-8-6-10-35(25(17)38)13-21-30-18-11-15(27)12-19(23(18)33-21)41-14-20(28)29/h5-6,8-12,16,20H,4,7,13-14H2,1-3H3,(H,30,33)(H,31,37)(H,32,39)/b9-5+/t16-/m0/s1. The number of anilines is 1. The summed E-state index contributed by atoms with van der Waals surface area (Å²) < 4.78 is 49.9. The van der Waals surface area contributed by atoms with Crippen molar-refractivity contribution in [3.8, 4) is 5.75 Å². The minimum atomic E-state index is -2.77. The predicted molar refractivity (Wildman–Crippen MR) is 142 cm³/mol. The molecule has 220 valence electrons. The molecule has 1 atom stereocenters. The zero-order valence-corrected chi connectivity index (χ0v) is 22.4. The van der Waals surface area contributed by atoms with E-state index in [1.165, 1.54) is 33.9 Å². The number of allylic oxidation sites excluding steroid dienone is 1. The van der Waals surface area contributed by atoms with E-state index in [2.05, 4.69) is 25.3 Å². The number of alkyl halides is 2. The third kappa shape index (κ3) is 8.58. The normalized spacial score (nSPS) is 12.0. The van der Waals surface area contributed by atoms with Gasteiger partial charge in [0.15, 0.2) is 0 Å². The Balaban J connectivity index is 1.77. The van der Waals surface area contributed by atoms with Crippen LogP contribution in [0.4, 0.5) is 23.7 Å². The van der Waals surface area contributed by atoms with Crippen LogP contribution in [0.3, 0.4) is 0 Å². The Morgan fingerprint density at radius 3 is 2.68 bits per heavy atom. The summed E-state index contributed by atoms with van der Waals surface area (Å²) in [5.74, 6) is -1.65. The van der Waals surface area contributed by atoms with Crippen molar-refractivity contribution in [2.45, 2.75) is 31.9 Å². The molecule has 0 spiro atoms. The van der Waals surface area contributed by atoms with Gasteiger partial charge in [-0.3, -0.25) is 14.4 Å². The van der Waals surface area contributed by atoms with Crippen molar-refractivity contribution in [2.75, 3.05) is 33.1 Å². The number of likely N-dealkylation sites (N-methyl/N-ethyl adjacent to an activating group) is 1. The Morgan fingerprint density at radius 1 is 1.24 bits per heavy atom. The summed E-state index contributed by atoms with van der Waals surface area (Å²) in [6.45, 7) is -1.08. The molecule has 2 aromatic heterocycles. The number of methoxy groups -OCH3 is 1. The van der Waals surface area contributed by atoms with Crippen molar-refractivity contribution >= 4 is 34.6 Å². The lowest BCUT2D eigenvalue weighted by Crippen LogP contribution is -2.44. The molecule has 0 aliphatic rings. The van der Waals surface area contributed by atoms with E-state index in [4.69, 9.17) is 4.74 Å². The van der Waals surface area contributed by atoms with Gasteiger partial charge in [-0.1, -0.05) is 6.08 Å². The van der Waals surface area contributed by atoms with Crippen molar-refractivity contribution < 1.29 is 37.0 Å². The number of imidazole rings is 1. The molecule has 12 nitrogen and oxygen atoms in total. The molecular weight excluding hydrogens is 549 g/mol. The monoisotopic (exact) mass is 578 g/mol. The molecule has 1 aromatic carbocycles. The van der Waals surface area contributed by atoms with E-state index in [0.717, 1.165) is 19.2 Å². The van der Waals surface area contributed by atoms with E-state index < -0.39 is 42.5 Å². The number of carbonyl (C=O) groups is 3. The van der Waals surface area contributed by atoms with Gasteiger partial charge in [0.1, 0.15) is 41.2 Å². The summed E-state index contributed by atoms with van der Waals surface area (Å²) in [7, 11) is 4.31. The summed E-state index contributed by atoms with van der Waals surface area (Å²) in [6.07, 6.45) is 1.05. The van der Waals surface area contributed by atoms with E-state index in [1.54, 1.807) is 20.2 Å². The summed E-state index contributed by atoms with van der Waals surface area (Å²) in [6, 6.07) is 3.82. The molecule has 0 saturated heterocycles. The van der Waals surface area contributed by atoms with Gasteiger partial charge in [0.2, 0.25) is 11.8 Å². The van der Waals surface area contributed by atoms with Crippen LogP contribution in [0.25, 0.3) is 11.0 Å². The first-order valence-electron chi connectivity index (χ1n) is 12.3. The fraction of sp³-hybridized carbons (Fsp3) is 0.346. The van der Waals surface area contributed by atoms with Crippen molar-refractivity contribution in [3.05, 3.63) is 64.6 Å². The van der Waals surface area contributed by atoms with Crippen LogP contribution in [0.5, 0.6) is 5.75 Å². The smallest absolute Gasteiger partial charge is 0.407 e. The lowest BCUT2D eigenvalue weighted by molar-refractivity contribution is -0.123. The number of H-pyrrole nitrogens is 1. The molecule has 41 heavy (non-hydrogen) atoms. The highest BCUT2D eigenvalue weighted by atomic mass is 19.3. The third-order valence-electron chi connectivity index (χ3n) is 5.65. The maximum Gasteiger partial charge on any atom is 0.407 e. The van der Waals surface area contributed by atoms with Crippen LogP contribution in [0.15, 0.2) is 47.4 Å². The molecule has 0 bridgehead atoms. The maximum absolute atomic E-state index is 14.0. The molecule has 3 N–H and O–H groups in total. The van der Waals surface area contributed by atoms with E-state index in [0.29, 0.717) is 0 Å². The number of amides is 3. The van der Waals surface area contributed by atoms with Crippen LogP contribution in [0.1, 0.15) is 18.7 Å². The minimum Gasteiger partial charge on any atom is -0.485 e. The number of aromatic nitrogens is 3. The molecule has 0 fully saturated rings. The SMILES string of the molecule is COC(=O)N[C@@H](CC/C=C/C(=O)N(C)C)C(=O)Nc1cccn(Cc2nc3c(OCC(F)F)cc(F)cc3[nH]2)c1=O. The first-order valence-corrected chi connectivity index (χ1v) is 12.3. The van der Waals surface area contributed by atoms with E-state index in [9.17, 15) is 32.3 Å². The largest absolute Gasteiger partial charge is 0.485 e. The van der Waals surface area contributed by atoms with Crippen molar-refractivity contribution in [1.82, 2.24) is 24.8 Å². The highest BCUT2D eigenvalue weighted by molar-refractivity contribution is 5.96. The van der Waals surface area contributed by atoms with Gasteiger partial charge in [0, 0.05) is 26.4 Å². The molecule has 0 aliphatic heterocycles. The summed E-state index contributed by atoms with van der Waals surface area (Å²) >= 11 is 0. The number of pyridine rings is 1. The number of rotatable bonds is 12. The molecular formula is C26H29F3N6O6. The fourth-order valence-corrected chi connectivity index (χ4v) is 3.64. The van der Waals surface area contributed by atoms with Gasteiger partial charge in [-0.05, 0) is 37.1 Å². The number of benzene rings is 1. The van der Waals surface area contributed by atoms with Crippen LogP contribution in [-0.2, 0) is 20.9 Å². The van der Waals surface area contributed by atoms with Crippen LogP contribution < -0.4 is 20.9 Å². The number of alkyl carbamates (subject to hydrolysis) is 1. The van der Waals surface area contributed by atoms with Gasteiger partial charge in [-0.15, -0.1) is 0 Å². The average Bonchev–Trinajstić information content (AvgIpc) is 3.32. The predicted octanol–water partition coefficient (Wildman–Crippen LogP) is 2.64. The average molecular weight is 579 g/mol. The number of hydrogen-bond donors (Lipinski definition) is 3. The second-order valence-corrected chi connectivity index (χ2v) is 8.93. The van der Waals surface area contributed by atoms with Crippen molar-refractivity contribution in [2.24, 2.45) is 0 Å². The lowest BCUT2D eigenvalue weighted by Gasteiger charge is -2.17. The van der Waals surface area contributed by atoms with Crippen molar-refractivity contribution in [3.63, 3.8) is 0 Å². The molecule has 3 amide bonds. The maximum atomic E-state index is 14.0. The first kappa shape index (κ1) is 30.7. The van der Waals surface area contributed by atoms with Gasteiger partial charge < -0.3 is 34.6 Å². The lowest BCUT2D eigenvalue weighted by atomic mass is 10.1. The Labute approximate surface area is 232 Å². The van der Waals surface area contributed by atoms with Crippen LogP contribution >= 0.6 is 0 Å². The number of nitrogens with one attached hydrogen (secondary N) is 3. The quantitative estimate of drug-likeness (QED) is 0.280. The zero-order valence-electron chi connectivity index (χ0n) is 22.4. The van der Waals surface area contributed by atoms with Gasteiger partial charge in [0.25, 0.3) is 12.0 Å². The minimum absolute atomic E-state index is 0.101. The molecule has 2 heterocycles. The van der Waals surface area contributed by atoms with E-state index in [1.807, 2.05) is 0 Å². The molecule has 0 aliphatic carbocycles. The van der Waals surface area contributed by atoms with Crippen LogP contribution in [-0.4, -0.2) is 77.6 Å². The zero-order chi connectivity index (χ0) is 30.1. The Morgan fingerprint density at radius 2 is 2.00 bits per heavy atom. The highest BCUT2D eigenvalue weighted by Crippen LogP contribution is 2.26. The second kappa shape index (κ2) is 14.0. The number of nitrogens with zero attached hydrogens (tertiary/aromatic N) is 3. The molecule has 3 rings (SSSR count). The number of fused-ring (bicyclic) bond motifs is 1. The molecule has 15 heteroatoms. The number of carbonyl (C=O) groups excluding carboxylic acids is 3. The van der Waals surface area contributed by atoms with E-state index >= 15 is 0 Å². The van der Waals surface area contributed by atoms with Gasteiger partial charge in [0.05, 0.1) is 19.2 Å². The Kier molecular flexibility index (Phi) is 10.5. The number of ether oxygens (including phenoxy) is 2. The Hall–Kier alpha value is -4.82. The van der Waals surface area contributed by atoms with Gasteiger partial charge in [-0.25, -0.2) is 22.9 Å². The van der Waals surface area contributed by atoms with Crippen LogP contribution in [0, 0.1) is 5.82 Å². The third-order valence-corrected chi connectivity index (χ3v) is 5.65. The van der Waals surface area contributed by atoms with Gasteiger partial charge in [-0.2, -0.15) is 0 Å². The molecule has 0 radical (unpaired) electrons. The number of aromatic amines is 1. The topological polar surface area (TPSA) is 148 Å². The fourth-order valence-electron chi connectivity index (χ4n) is 3.64. The second-order valence-electron chi connectivity index (χ2n) is 8.93. The summed E-state index contributed by atoms with van der Waals surface area (Å²) in [5.41, 5.74) is -0.428. The van der Waals surface area contributed by atoms with Crippen molar-refractivity contribution in [1.29, 1.82) is 0 Å². The van der Waals surface area contributed by atoms with E-state index in [-0.39, 0.29) is 53.6 Å². The summed E-state index contributed by atoms with van der Waals surface area (Å²) in [5, 5.41) is 4.89. The van der Waals surface area contributed by atoms with Crippen LogP contribution in [0.2, 0.25) is 0 Å². The highest BCUT2D eigenvalue weighted by Gasteiger charge is 2.22. The number of hydrogen-bond acceptors (Lipinski definition) is 7. The van der Waals surface area contributed by atoms with Gasteiger partial charge >= 0.3 is 6.09 Å². The molecule has 0 saturated carbocycles.